The first kappa shape index (κ1) is 12.9. The number of nitrogen functional groups attached to an aromatic ring is 1. The van der Waals surface area contributed by atoms with Crippen molar-refractivity contribution in [1.29, 1.82) is 0 Å². The molecule has 0 unspecified atom stereocenters. The Morgan fingerprint density at radius 2 is 2.05 bits per heavy atom. The molecule has 0 saturated heterocycles. The van der Waals surface area contributed by atoms with Crippen LogP contribution in [0.15, 0.2) is 36.0 Å². The molecule has 2 N–H and O–H groups in total. The predicted molar refractivity (Wildman–Crippen MR) is 85.1 cm³/mol. The number of rotatable bonds is 3. The monoisotopic (exact) mass is 284 g/mol. The van der Waals surface area contributed by atoms with Gasteiger partial charge in [-0.3, -0.25) is 0 Å². The SMILES string of the molecule is Cc1csc2c(N(C)Cc3ccccc3N)ncnc12. The van der Waals surface area contributed by atoms with Crippen molar-refractivity contribution in [2.75, 3.05) is 17.7 Å². The molecule has 0 amide bonds. The minimum atomic E-state index is 0.732. The Labute approximate surface area is 121 Å². The summed E-state index contributed by atoms with van der Waals surface area (Å²) >= 11 is 1.69. The third-order valence-corrected chi connectivity index (χ3v) is 4.42. The van der Waals surface area contributed by atoms with E-state index in [2.05, 4.69) is 27.2 Å². The highest BCUT2D eigenvalue weighted by molar-refractivity contribution is 7.18. The molecule has 0 radical (unpaired) electrons. The van der Waals surface area contributed by atoms with Crippen LogP contribution < -0.4 is 10.6 Å². The van der Waals surface area contributed by atoms with Crippen LogP contribution in [0, 0.1) is 6.92 Å². The van der Waals surface area contributed by atoms with Crippen molar-refractivity contribution < 1.29 is 0 Å². The van der Waals surface area contributed by atoms with Gasteiger partial charge in [-0.1, -0.05) is 18.2 Å². The molecule has 3 aromatic rings. The van der Waals surface area contributed by atoms with Gasteiger partial charge in [-0.05, 0) is 29.5 Å². The summed E-state index contributed by atoms with van der Waals surface area (Å²) in [5.74, 6) is 0.955. The zero-order valence-electron chi connectivity index (χ0n) is 11.5. The Balaban J connectivity index is 1.97. The molecule has 0 bridgehead atoms. The van der Waals surface area contributed by atoms with Crippen LogP contribution in [0.4, 0.5) is 11.5 Å². The van der Waals surface area contributed by atoms with Crippen LogP contribution >= 0.6 is 11.3 Å². The first-order chi connectivity index (χ1) is 9.66. The minimum absolute atomic E-state index is 0.732. The number of fused-ring (bicyclic) bond motifs is 1. The maximum atomic E-state index is 6.01. The maximum absolute atomic E-state index is 6.01. The van der Waals surface area contributed by atoms with Gasteiger partial charge in [-0.2, -0.15) is 0 Å². The number of nitrogens with two attached hydrogens (primary N) is 1. The molecule has 0 atom stereocenters. The molecular weight excluding hydrogens is 268 g/mol. The highest BCUT2D eigenvalue weighted by Crippen LogP contribution is 2.31. The summed E-state index contributed by atoms with van der Waals surface area (Å²) in [5.41, 5.74) is 10.2. The molecule has 0 aliphatic heterocycles. The second kappa shape index (κ2) is 5.09. The number of aryl methyl sites for hydroxylation is 1. The van der Waals surface area contributed by atoms with Gasteiger partial charge in [-0.15, -0.1) is 11.3 Å². The first-order valence-electron chi connectivity index (χ1n) is 6.40. The normalized spacial score (nSPS) is 10.9. The van der Waals surface area contributed by atoms with Gasteiger partial charge in [0.2, 0.25) is 0 Å². The van der Waals surface area contributed by atoms with E-state index in [-0.39, 0.29) is 0 Å². The molecule has 2 aromatic heterocycles. The third kappa shape index (κ3) is 2.20. The average molecular weight is 284 g/mol. The highest BCUT2D eigenvalue weighted by atomic mass is 32.1. The summed E-state index contributed by atoms with van der Waals surface area (Å²) in [5, 5.41) is 2.12. The second-order valence-electron chi connectivity index (χ2n) is 4.85. The molecule has 102 valence electrons. The lowest BCUT2D eigenvalue weighted by atomic mass is 10.1. The van der Waals surface area contributed by atoms with E-state index in [0.29, 0.717) is 0 Å². The van der Waals surface area contributed by atoms with Crippen molar-refractivity contribution in [3.63, 3.8) is 0 Å². The molecule has 20 heavy (non-hydrogen) atoms. The third-order valence-electron chi connectivity index (χ3n) is 3.34. The largest absolute Gasteiger partial charge is 0.398 e. The van der Waals surface area contributed by atoms with E-state index >= 15 is 0 Å². The lowest BCUT2D eigenvalue weighted by Crippen LogP contribution is -2.18. The van der Waals surface area contributed by atoms with Crippen LogP contribution in [-0.4, -0.2) is 17.0 Å². The molecule has 3 rings (SSSR count). The highest BCUT2D eigenvalue weighted by Gasteiger charge is 2.12. The molecule has 0 saturated carbocycles. The molecule has 0 aliphatic rings. The van der Waals surface area contributed by atoms with Crippen molar-refractivity contribution >= 4 is 33.1 Å². The van der Waals surface area contributed by atoms with Gasteiger partial charge in [0.25, 0.3) is 0 Å². The van der Waals surface area contributed by atoms with Crippen molar-refractivity contribution in [2.24, 2.45) is 0 Å². The number of aromatic nitrogens is 2. The lowest BCUT2D eigenvalue weighted by Gasteiger charge is -2.19. The lowest BCUT2D eigenvalue weighted by molar-refractivity contribution is 0.903. The Hall–Kier alpha value is -2.14. The van der Waals surface area contributed by atoms with E-state index in [4.69, 9.17) is 5.73 Å². The van der Waals surface area contributed by atoms with Crippen LogP contribution in [0.5, 0.6) is 0 Å². The average Bonchev–Trinajstić information content (AvgIpc) is 2.83. The quantitative estimate of drug-likeness (QED) is 0.750. The fourth-order valence-corrected chi connectivity index (χ4v) is 3.28. The number of hydrogen-bond acceptors (Lipinski definition) is 5. The second-order valence-corrected chi connectivity index (χ2v) is 5.73. The first-order valence-corrected chi connectivity index (χ1v) is 7.28. The Morgan fingerprint density at radius 3 is 2.85 bits per heavy atom. The maximum Gasteiger partial charge on any atom is 0.150 e. The molecule has 0 fully saturated rings. The molecule has 5 heteroatoms. The minimum Gasteiger partial charge on any atom is -0.398 e. The van der Waals surface area contributed by atoms with Crippen LogP contribution in [0.25, 0.3) is 10.2 Å². The van der Waals surface area contributed by atoms with E-state index in [0.717, 1.165) is 33.8 Å². The van der Waals surface area contributed by atoms with E-state index < -0.39 is 0 Å². The van der Waals surface area contributed by atoms with E-state index in [9.17, 15) is 0 Å². The standard InChI is InChI=1S/C15H16N4S/c1-10-8-20-14-13(10)17-9-18-15(14)19(2)7-11-5-3-4-6-12(11)16/h3-6,8-9H,7,16H2,1-2H3. The van der Waals surface area contributed by atoms with Crippen LogP contribution in [0.1, 0.15) is 11.1 Å². The number of anilines is 2. The summed E-state index contributed by atoms with van der Waals surface area (Å²) in [7, 11) is 2.03. The fourth-order valence-electron chi connectivity index (χ4n) is 2.24. The summed E-state index contributed by atoms with van der Waals surface area (Å²) in [4.78, 5) is 10.9. The number of thiophene rings is 1. The number of benzene rings is 1. The molecular formula is C15H16N4S. The Kier molecular flexibility index (Phi) is 3.28. The van der Waals surface area contributed by atoms with Crippen LogP contribution in [0.3, 0.4) is 0 Å². The predicted octanol–water partition coefficient (Wildman–Crippen LogP) is 3.22. The molecule has 4 nitrogen and oxygen atoms in total. The van der Waals surface area contributed by atoms with E-state index in [1.807, 2.05) is 31.3 Å². The fraction of sp³-hybridized carbons (Fsp3) is 0.200. The van der Waals surface area contributed by atoms with E-state index in [1.165, 1.54) is 5.56 Å². The number of nitrogens with zero attached hydrogens (tertiary/aromatic N) is 3. The van der Waals surface area contributed by atoms with Crippen molar-refractivity contribution in [3.05, 3.63) is 47.1 Å². The number of hydrogen-bond donors (Lipinski definition) is 1. The Bertz CT molecular complexity index is 750. The van der Waals surface area contributed by atoms with Gasteiger partial charge in [0.1, 0.15) is 12.1 Å². The molecule has 2 heterocycles. The van der Waals surface area contributed by atoms with Crippen LogP contribution in [0.2, 0.25) is 0 Å². The van der Waals surface area contributed by atoms with Gasteiger partial charge in [0.05, 0.1) is 10.2 Å². The van der Waals surface area contributed by atoms with Gasteiger partial charge < -0.3 is 10.6 Å². The topological polar surface area (TPSA) is 55.0 Å². The smallest absolute Gasteiger partial charge is 0.150 e. The van der Waals surface area contributed by atoms with Gasteiger partial charge in [0, 0.05) is 19.3 Å². The summed E-state index contributed by atoms with van der Waals surface area (Å²) < 4.78 is 1.13. The van der Waals surface area contributed by atoms with Crippen molar-refractivity contribution in [2.45, 2.75) is 13.5 Å². The summed E-state index contributed by atoms with van der Waals surface area (Å²) in [6, 6.07) is 7.92. The van der Waals surface area contributed by atoms with Crippen LogP contribution in [-0.2, 0) is 6.54 Å². The zero-order valence-corrected chi connectivity index (χ0v) is 12.3. The van der Waals surface area contributed by atoms with Crippen molar-refractivity contribution in [3.8, 4) is 0 Å². The van der Waals surface area contributed by atoms with E-state index in [1.54, 1.807) is 17.7 Å². The zero-order chi connectivity index (χ0) is 14.1. The van der Waals surface area contributed by atoms with Gasteiger partial charge >= 0.3 is 0 Å². The van der Waals surface area contributed by atoms with Crippen molar-refractivity contribution in [1.82, 2.24) is 9.97 Å². The Morgan fingerprint density at radius 1 is 1.25 bits per heavy atom. The molecule has 0 spiro atoms. The molecule has 0 aliphatic carbocycles. The molecule has 1 aromatic carbocycles. The van der Waals surface area contributed by atoms with Gasteiger partial charge in [-0.25, -0.2) is 9.97 Å². The van der Waals surface area contributed by atoms with Gasteiger partial charge in [0.15, 0.2) is 0 Å². The number of para-hydroxylation sites is 1. The summed E-state index contributed by atoms with van der Waals surface area (Å²) in [6.45, 7) is 2.81. The summed E-state index contributed by atoms with van der Waals surface area (Å²) in [6.07, 6.45) is 1.63.